The third kappa shape index (κ3) is 2.83. The molecule has 2 aliphatic rings. The van der Waals surface area contributed by atoms with Gasteiger partial charge in [-0.25, -0.2) is 4.39 Å². The maximum atomic E-state index is 14.0. The SMILES string of the molecule is Cc1[nH]c2c(F)ccc(C)c2c1CCNC(=O)C1=CC=C2NC=CC2C1. The zero-order valence-corrected chi connectivity index (χ0v) is 14.9. The molecule has 0 radical (unpaired) electrons. The monoisotopic (exact) mass is 351 g/mol. The average Bonchev–Trinajstić information content (AvgIpc) is 3.22. The Hall–Kier alpha value is -2.82. The number of hydrogen-bond acceptors (Lipinski definition) is 2. The van der Waals surface area contributed by atoms with Crippen LogP contribution in [-0.2, 0) is 11.2 Å². The molecule has 2 aromatic rings. The Morgan fingerprint density at radius 3 is 3.00 bits per heavy atom. The number of carbonyl (C=O) groups is 1. The van der Waals surface area contributed by atoms with Crippen LogP contribution in [0.25, 0.3) is 10.9 Å². The van der Waals surface area contributed by atoms with Gasteiger partial charge < -0.3 is 15.6 Å². The maximum absolute atomic E-state index is 14.0. The Kier molecular flexibility index (Phi) is 4.15. The minimum absolute atomic E-state index is 0.0269. The van der Waals surface area contributed by atoms with Crippen molar-refractivity contribution in [2.75, 3.05) is 6.54 Å². The molecule has 1 aromatic carbocycles. The molecule has 1 amide bonds. The molecule has 26 heavy (non-hydrogen) atoms. The molecule has 134 valence electrons. The zero-order chi connectivity index (χ0) is 18.3. The lowest BCUT2D eigenvalue weighted by Gasteiger charge is -2.17. The van der Waals surface area contributed by atoms with E-state index in [1.54, 1.807) is 6.07 Å². The number of nitrogens with one attached hydrogen (secondary N) is 3. The number of aromatic nitrogens is 1. The van der Waals surface area contributed by atoms with E-state index in [1.165, 1.54) is 6.07 Å². The van der Waals surface area contributed by atoms with Crippen LogP contribution >= 0.6 is 0 Å². The first-order chi connectivity index (χ1) is 12.5. The highest BCUT2D eigenvalue weighted by Crippen LogP contribution is 2.29. The van der Waals surface area contributed by atoms with E-state index in [2.05, 4.69) is 21.7 Å². The molecule has 4 rings (SSSR count). The molecular formula is C21H22FN3O. The second-order valence-electron chi connectivity index (χ2n) is 6.98. The van der Waals surface area contributed by atoms with Gasteiger partial charge in [0.1, 0.15) is 5.82 Å². The number of hydrogen-bond donors (Lipinski definition) is 3. The van der Waals surface area contributed by atoms with Gasteiger partial charge in [0.05, 0.1) is 5.52 Å². The first-order valence-corrected chi connectivity index (χ1v) is 8.93. The molecule has 0 saturated carbocycles. The Labute approximate surface area is 151 Å². The number of halogens is 1. The fourth-order valence-electron chi connectivity index (χ4n) is 3.85. The zero-order valence-electron chi connectivity index (χ0n) is 14.9. The Morgan fingerprint density at radius 2 is 2.15 bits per heavy atom. The summed E-state index contributed by atoms with van der Waals surface area (Å²) in [5.74, 6) is 0.0143. The number of H-pyrrole nitrogens is 1. The van der Waals surface area contributed by atoms with E-state index in [9.17, 15) is 9.18 Å². The molecule has 4 nitrogen and oxygen atoms in total. The van der Waals surface area contributed by atoms with Gasteiger partial charge >= 0.3 is 0 Å². The molecule has 3 N–H and O–H groups in total. The summed E-state index contributed by atoms with van der Waals surface area (Å²) in [5, 5.41) is 7.12. The molecule has 0 saturated heterocycles. The van der Waals surface area contributed by atoms with Crippen LogP contribution in [0.5, 0.6) is 0 Å². The summed E-state index contributed by atoms with van der Waals surface area (Å²) >= 11 is 0. The first-order valence-electron chi connectivity index (χ1n) is 8.93. The number of aryl methyl sites for hydroxylation is 2. The first kappa shape index (κ1) is 16.6. The summed E-state index contributed by atoms with van der Waals surface area (Å²) in [6.45, 7) is 4.46. The summed E-state index contributed by atoms with van der Waals surface area (Å²) in [4.78, 5) is 15.6. The van der Waals surface area contributed by atoms with Gasteiger partial charge in [-0.2, -0.15) is 0 Å². The normalized spacial score (nSPS) is 18.3. The summed E-state index contributed by atoms with van der Waals surface area (Å²) in [6.07, 6.45) is 9.25. The molecule has 0 bridgehead atoms. The van der Waals surface area contributed by atoms with E-state index in [4.69, 9.17) is 0 Å². The molecule has 0 spiro atoms. The molecule has 1 aromatic heterocycles. The molecule has 1 aliphatic heterocycles. The molecule has 5 heteroatoms. The van der Waals surface area contributed by atoms with Crippen LogP contribution < -0.4 is 10.6 Å². The van der Waals surface area contributed by atoms with Crippen LogP contribution in [0.3, 0.4) is 0 Å². The van der Waals surface area contributed by atoms with Gasteiger partial charge in [0, 0.05) is 34.8 Å². The number of allylic oxidation sites excluding steroid dienone is 3. The van der Waals surface area contributed by atoms with E-state index < -0.39 is 0 Å². The van der Waals surface area contributed by atoms with Crippen molar-refractivity contribution in [2.45, 2.75) is 26.7 Å². The largest absolute Gasteiger partial charge is 0.365 e. The third-order valence-electron chi connectivity index (χ3n) is 5.26. The van der Waals surface area contributed by atoms with Crippen LogP contribution in [-0.4, -0.2) is 17.4 Å². The minimum Gasteiger partial charge on any atom is -0.365 e. The minimum atomic E-state index is -0.239. The van der Waals surface area contributed by atoms with Gasteiger partial charge in [-0.1, -0.05) is 18.2 Å². The van der Waals surface area contributed by atoms with Gasteiger partial charge in [-0.15, -0.1) is 0 Å². The highest BCUT2D eigenvalue weighted by atomic mass is 19.1. The van der Waals surface area contributed by atoms with Crippen LogP contribution in [0.15, 0.2) is 47.8 Å². The van der Waals surface area contributed by atoms with Gasteiger partial charge in [0.2, 0.25) is 5.91 Å². The molecular weight excluding hydrogens is 329 g/mol. The average molecular weight is 351 g/mol. The fraction of sp³-hybridized carbons (Fsp3) is 0.286. The van der Waals surface area contributed by atoms with E-state index in [0.717, 1.165) is 39.9 Å². The third-order valence-corrected chi connectivity index (χ3v) is 5.26. The van der Waals surface area contributed by atoms with Gasteiger partial charge in [0.25, 0.3) is 0 Å². The molecule has 1 aliphatic carbocycles. The van der Waals surface area contributed by atoms with Crippen molar-refractivity contribution in [3.05, 3.63) is 70.5 Å². The molecule has 2 heterocycles. The van der Waals surface area contributed by atoms with E-state index in [-0.39, 0.29) is 17.6 Å². The standard InChI is InChI=1S/C21H22FN3O/c1-12-3-5-17(22)20-19(12)16(13(2)25-20)8-10-24-21(26)15-4-6-18-14(11-15)7-9-23-18/h3-7,9,14,23,25H,8,10-11H2,1-2H3,(H,24,26). The van der Waals surface area contributed by atoms with Crippen molar-refractivity contribution in [1.29, 1.82) is 0 Å². The van der Waals surface area contributed by atoms with Crippen molar-refractivity contribution in [3.8, 4) is 0 Å². The second kappa shape index (κ2) is 6.48. The number of benzene rings is 1. The van der Waals surface area contributed by atoms with E-state index in [1.807, 2.05) is 32.2 Å². The van der Waals surface area contributed by atoms with Crippen molar-refractivity contribution < 1.29 is 9.18 Å². The summed E-state index contributed by atoms with van der Waals surface area (Å²) in [5.41, 5.74) is 5.56. The topological polar surface area (TPSA) is 56.9 Å². The van der Waals surface area contributed by atoms with Crippen LogP contribution in [0.2, 0.25) is 0 Å². The van der Waals surface area contributed by atoms with Crippen molar-refractivity contribution >= 4 is 16.8 Å². The van der Waals surface area contributed by atoms with Crippen molar-refractivity contribution in [2.24, 2.45) is 5.92 Å². The van der Waals surface area contributed by atoms with Crippen molar-refractivity contribution in [1.82, 2.24) is 15.6 Å². The second-order valence-corrected chi connectivity index (χ2v) is 6.98. The lowest BCUT2D eigenvalue weighted by Crippen LogP contribution is -2.29. The lowest BCUT2D eigenvalue weighted by molar-refractivity contribution is -0.117. The quantitative estimate of drug-likeness (QED) is 0.789. The Morgan fingerprint density at radius 1 is 1.31 bits per heavy atom. The maximum Gasteiger partial charge on any atom is 0.247 e. The van der Waals surface area contributed by atoms with E-state index >= 15 is 0 Å². The molecule has 0 fully saturated rings. The fourth-order valence-corrected chi connectivity index (χ4v) is 3.85. The number of fused-ring (bicyclic) bond motifs is 2. The lowest BCUT2D eigenvalue weighted by atomic mass is 9.92. The summed E-state index contributed by atoms with van der Waals surface area (Å²) in [7, 11) is 0. The Balaban J connectivity index is 1.45. The van der Waals surface area contributed by atoms with Crippen LogP contribution in [0.1, 0.15) is 23.2 Å². The van der Waals surface area contributed by atoms with Crippen LogP contribution in [0, 0.1) is 25.6 Å². The van der Waals surface area contributed by atoms with Gasteiger partial charge in [-0.3, -0.25) is 4.79 Å². The number of aromatic amines is 1. The van der Waals surface area contributed by atoms with Gasteiger partial charge in [0.15, 0.2) is 0 Å². The molecule has 1 atom stereocenters. The number of carbonyl (C=O) groups excluding carboxylic acids is 1. The van der Waals surface area contributed by atoms with E-state index in [0.29, 0.717) is 18.5 Å². The van der Waals surface area contributed by atoms with Crippen LogP contribution in [0.4, 0.5) is 4.39 Å². The summed E-state index contributed by atoms with van der Waals surface area (Å²) < 4.78 is 14.0. The highest BCUT2D eigenvalue weighted by Gasteiger charge is 2.23. The van der Waals surface area contributed by atoms with Gasteiger partial charge in [-0.05, 0) is 56.2 Å². The van der Waals surface area contributed by atoms with Crippen molar-refractivity contribution in [3.63, 3.8) is 0 Å². The predicted octanol–water partition coefficient (Wildman–Crippen LogP) is 3.53. The predicted molar refractivity (Wildman–Crippen MR) is 101 cm³/mol. The number of amides is 1. The molecule has 1 unspecified atom stereocenters. The smallest absolute Gasteiger partial charge is 0.247 e. The highest BCUT2D eigenvalue weighted by molar-refractivity contribution is 5.94. The number of rotatable bonds is 4. The summed E-state index contributed by atoms with van der Waals surface area (Å²) in [6, 6.07) is 3.29. The Bertz CT molecular complexity index is 981.